The molecule has 2 aliphatic carbocycles. The number of allylic oxidation sites excluding steroid dienone is 8. The molecular formula is C26H30N2O2Zr. The van der Waals surface area contributed by atoms with Gasteiger partial charge in [-0.05, 0) is 0 Å². The van der Waals surface area contributed by atoms with Crippen molar-refractivity contribution in [3.05, 3.63) is 97.1 Å². The summed E-state index contributed by atoms with van der Waals surface area (Å²) in [6.45, 7) is 0. The molecule has 4 nitrogen and oxygen atoms in total. The van der Waals surface area contributed by atoms with Crippen LogP contribution in [0.5, 0.6) is 11.5 Å². The second-order valence-corrected chi connectivity index (χ2v) is 16.1. The molecule has 0 atom stereocenters. The number of hydrogen-bond acceptors (Lipinski definition) is 4. The van der Waals surface area contributed by atoms with Crippen LogP contribution in [0.15, 0.2) is 97.1 Å². The van der Waals surface area contributed by atoms with Crippen molar-refractivity contribution in [3.63, 3.8) is 0 Å². The van der Waals surface area contributed by atoms with Crippen LogP contribution in [0.2, 0.25) is 7.25 Å². The van der Waals surface area contributed by atoms with Crippen molar-refractivity contribution in [1.82, 2.24) is 0 Å². The summed E-state index contributed by atoms with van der Waals surface area (Å²) >= 11 is -3.87. The first kappa shape index (κ1) is 21.7. The van der Waals surface area contributed by atoms with Gasteiger partial charge in [-0.25, -0.2) is 0 Å². The van der Waals surface area contributed by atoms with Crippen molar-refractivity contribution < 1.29 is 26.8 Å². The molecule has 0 fully saturated rings. The van der Waals surface area contributed by atoms with Crippen molar-refractivity contribution in [1.29, 1.82) is 0 Å². The van der Waals surface area contributed by atoms with Crippen molar-refractivity contribution in [2.24, 2.45) is 0 Å². The van der Waals surface area contributed by atoms with Gasteiger partial charge in [0.2, 0.25) is 0 Å². The molecule has 0 bridgehead atoms. The van der Waals surface area contributed by atoms with E-state index in [1.807, 2.05) is 28.2 Å². The van der Waals surface area contributed by atoms with Crippen LogP contribution in [-0.2, 0) is 21.1 Å². The molecule has 0 radical (unpaired) electrons. The molecule has 0 aliphatic heterocycles. The summed E-state index contributed by atoms with van der Waals surface area (Å²) in [7, 11) is 8.18. The topological polar surface area (TPSA) is 24.9 Å². The number of hydrogen-bond donors (Lipinski definition) is 0. The first-order valence-corrected chi connectivity index (χ1v) is 15.5. The average Bonchev–Trinajstić information content (AvgIpc) is 3.49. The minimum absolute atomic E-state index is 0.175. The molecule has 0 saturated heterocycles. The summed E-state index contributed by atoms with van der Waals surface area (Å²) in [6.07, 6.45) is 17.4. The molecule has 2 aliphatic rings. The minimum atomic E-state index is -3.87. The Balaban J connectivity index is 1.72. The van der Waals surface area contributed by atoms with E-state index >= 15 is 0 Å². The Kier molecular flexibility index (Phi) is 6.52. The second-order valence-electron chi connectivity index (χ2n) is 8.29. The van der Waals surface area contributed by atoms with Gasteiger partial charge < -0.3 is 0 Å². The molecule has 160 valence electrons. The van der Waals surface area contributed by atoms with Gasteiger partial charge in [0.15, 0.2) is 0 Å². The van der Waals surface area contributed by atoms with Crippen LogP contribution in [-0.4, -0.2) is 28.2 Å². The van der Waals surface area contributed by atoms with E-state index in [9.17, 15) is 0 Å². The van der Waals surface area contributed by atoms with E-state index in [1.165, 1.54) is 0 Å². The van der Waals surface area contributed by atoms with Crippen LogP contribution >= 0.6 is 0 Å². The van der Waals surface area contributed by atoms with Gasteiger partial charge >= 0.3 is 192 Å². The fourth-order valence-corrected chi connectivity index (χ4v) is 12.7. The zero-order valence-corrected chi connectivity index (χ0v) is 21.1. The van der Waals surface area contributed by atoms with Crippen LogP contribution in [0.25, 0.3) is 0 Å². The molecule has 5 heteroatoms. The number of anilines is 2. The Morgan fingerprint density at radius 1 is 0.548 bits per heavy atom. The molecule has 0 amide bonds. The molecule has 0 saturated carbocycles. The predicted molar refractivity (Wildman–Crippen MR) is 127 cm³/mol. The van der Waals surface area contributed by atoms with E-state index in [-0.39, 0.29) is 7.25 Å². The van der Waals surface area contributed by atoms with Crippen molar-refractivity contribution in [2.45, 2.75) is 7.25 Å². The summed E-state index contributed by atoms with van der Waals surface area (Å²) in [5, 5.41) is 0. The molecule has 0 spiro atoms. The zero-order valence-electron chi connectivity index (χ0n) is 18.6. The van der Waals surface area contributed by atoms with Crippen LogP contribution < -0.4 is 15.4 Å². The summed E-state index contributed by atoms with van der Waals surface area (Å²) < 4.78 is 14.2. The van der Waals surface area contributed by atoms with Crippen molar-refractivity contribution in [3.8, 4) is 11.5 Å². The summed E-state index contributed by atoms with van der Waals surface area (Å²) in [6, 6.07) is 16.6. The Labute approximate surface area is 191 Å². The average molecular weight is 494 g/mol. The molecular weight excluding hydrogens is 464 g/mol. The van der Waals surface area contributed by atoms with Gasteiger partial charge in [0.25, 0.3) is 0 Å². The number of rotatable bonds is 8. The van der Waals surface area contributed by atoms with Gasteiger partial charge in [-0.1, -0.05) is 0 Å². The molecule has 0 N–H and O–H groups in total. The maximum absolute atomic E-state index is 6.94. The van der Waals surface area contributed by atoms with Crippen molar-refractivity contribution in [2.75, 3.05) is 38.0 Å². The maximum atomic E-state index is 6.94. The fourth-order valence-electron chi connectivity index (χ4n) is 3.91. The first-order chi connectivity index (χ1) is 15.0. The third-order valence-corrected chi connectivity index (χ3v) is 14.9. The van der Waals surface area contributed by atoms with E-state index in [1.54, 1.807) is 0 Å². The van der Waals surface area contributed by atoms with Crippen LogP contribution in [0.4, 0.5) is 11.4 Å². The van der Waals surface area contributed by atoms with Crippen LogP contribution in [0.1, 0.15) is 0 Å². The van der Waals surface area contributed by atoms with E-state index in [2.05, 4.69) is 107 Å². The van der Waals surface area contributed by atoms with Crippen molar-refractivity contribution >= 4 is 11.4 Å². The van der Waals surface area contributed by atoms with Gasteiger partial charge in [-0.3, -0.25) is 0 Å². The Morgan fingerprint density at radius 3 is 1.16 bits per heavy atom. The third-order valence-electron chi connectivity index (χ3n) is 5.69. The van der Waals surface area contributed by atoms with Crippen LogP contribution in [0, 0.1) is 0 Å². The Hall–Kier alpha value is -2.52. The molecule has 31 heavy (non-hydrogen) atoms. The van der Waals surface area contributed by atoms with Crippen LogP contribution in [0.3, 0.4) is 0 Å². The molecule has 2 aromatic carbocycles. The van der Waals surface area contributed by atoms with E-state index in [0.717, 1.165) is 22.9 Å². The van der Waals surface area contributed by atoms with Gasteiger partial charge in [0.05, 0.1) is 0 Å². The molecule has 0 aromatic heterocycles. The first-order valence-electron chi connectivity index (χ1n) is 10.6. The summed E-state index contributed by atoms with van der Waals surface area (Å²) in [4.78, 5) is 4.18. The van der Waals surface area contributed by atoms with Gasteiger partial charge in [0, 0.05) is 0 Å². The predicted octanol–water partition coefficient (Wildman–Crippen LogP) is 6.09. The second kappa shape index (κ2) is 9.32. The van der Waals surface area contributed by atoms with Gasteiger partial charge in [-0.15, -0.1) is 0 Å². The summed E-state index contributed by atoms with van der Waals surface area (Å²) in [5.41, 5.74) is 2.30. The third kappa shape index (κ3) is 4.72. The van der Waals surface area contributed by atoms with E-state index in [4.69, 9.17) is 5.63 Å². The van der Waals surface area contributed by atoms with Gasteiger partial charge in [-0.2, -0.15) is 0 Å². The SMILES string of the molecule is CN(C)c1ccc([O][Zr]([O]c2ccc(N(C)C)cc2)([CH]2C=CC=C2)[CH]2C=CC=C2)cc1. The van der Waals surface area contributed by atoms with Gasteiger partial charge in [0.1, 0.15) is 0 Å². The summed E-state index contributed by atoms with van der Waals surface area (Å²) in [5.74, 6) is 1.74. The Bertz CT molecular complexity index is 897. The molecule has 4 rings (SSSR count). The standard InChI is InChI=1S/2C8H11NO.2C5H5.Zr/c2*1-9(2)7-3-5-8(10)6-4-7;2*1-2-4-5-3-1;/h2*3-6,10H,1-2H3;2*1-5H;/q;;;;+2/p-2. The monoisotopic (exact) mass is 492 g/mol. The quantitative estimate of drug-likeness (QED) is 0.444. The fraction of sp³-hybridized carbons (Fsp3) is 0.231. The molecule has 0 heterocycles. The molecule has 0 unspecified atom stereocenters. The molecule has 2 aromatic rings. The van der Waals surface area contributed by atoms with E-state index < -0.39 is 21.1 Å². The normalized spacial score (nSPS) is 15.6. The Morgan fingerprint density at radius 2 is 0.871 bits per heavy atom. The number of nitrogens with zero attached hydrogens (tertiary/aromatic N) is 2. The zero-order chi connectivity index (χ0) is 21.8. The number of benzene rings is 2. The van der Waals surface area contributed by atoms with E-state index in [0.29, 0.717) is 0 Å².